The molecule has 2 unspecified atom stereocenters. The average Bonchev–Trinajstić information content (AvgIpc) is 3.69. The second kappa shape index (κ2) is 11.0. The number of benzene rings is 2. The Hall–Kier alpha value is -3.18. The highest BCUT2D eigenvalue weighted by molar-refractivity contribution is 7.87. The Balaban J connectivity index is 1.08. The van der Waals surface area contributed by atoms with Gasteiger partial charge in [-0.2, -0.15) is 12.7 Å². The van der Waals surface area contributed by atoms with Crippen LogP contribution in [0, 0.1) is 11.7 Å². The molecule has 0 aromatic heterocycles. The van der Waals surface area contributed by atoms with Gasteiger partial charge >= 0.3 is 16.3 Å². The van der Waals surface area contributed by atoms with Crippen molar-refractivity contribution in [2.24, 2.45) is 5.92 Å². The van der Waals surface area contributed by atoms with Crippen molar-refractivity contribution in [1.29, 1.82) is 0 Å². The van der Waals surface area contributed by atoms with Crippen molar-refractivity contribution in [1.82, 2.24) is 13.9 Å². The number of ether oxygens (including phenoxy) is 2. The third kappa shape index (κ3) is 5.67. The van der Waals surface area contributed by atoms with E-state index in [1.54, 1.807) is 0 Å². The highest BCUT2D eigenvalue weighted by Gasteiger charge is 2.44. The van der Waals surface area contributed by atoms with Gasteiger partial charge in [0.1, 0.15) is 18.2 Å². The molecular formula is C29H34FN3O6S. The zero-order valence-corrected chi connectivity index (χ0v) is 23.1. The Bertz CT molecular complexity index is 1370. The van der Waals surface area contributed by atoms with Crippen LogP contribution in [-0.2, 0) is 21.6 Å². The summed E-state index contributed by atoms with van der Waals surface area (Å²) in [6, 6.07) is 12.5. The van der Waals surface area contributed by atoms with E-state index in [0.717, 1.165) is 60.4 Å². The first-order valence-electron chi connectivity index (χ1n) is 14.1. The van der Waals surface area contributed by atoms with Gasteiger partial charge in [0.25, 0.3) is 5.91 Å². The minimum Gasteiger partial charge on any atom is -0.493 e. The summed E-state index contributed by atoms with van der Waals surface area (Å²) >= 11 is 0. The molecule has 4 fully saturated rings. The standard InChI is InChI=1S/C29H34FN3O6S/c30-26-16-27(24(21-7-8-21)15-25(26)28(34)31-40(36,37)32-11-4-12-32)38-18-20-13-22-9-10-23(14-20)33(22)29(35)39-17-19-5-2-1-3-6-19/h1-3,5-6,15-16,20-23H,4,7-14,17-18H2,(H,31,34). The summed E-state index contributed by atoms with van der Waals surface area (Å²) in [4.78, 5) is 27.4. The van der Waals surface area contributed by atoms with Gasteiger partial charge < -0.3 is 14.4 Å². The molecule has 6 rings (SSSR count). The van der Waals surface area contributed by atoms with Crippen molar-refractivity contribution in [3.8, 4) is 5.75 Å². The van der Waals surface area contributed by atoms with E-state index in [1.807, 2.05) is 40.0 Å². The first-order valence-corrected chi connectivity index (χ1v) is 15.5. The van der Waals surface area contributed by atoms with Crippen LogP contribution in [0.4, 0.5) is 9.18 Å². The van der Waals surface area contributed by atoms with Crippen molar-refractivity contribution in [2.45, 2.75) is 69.6 Å². The molecule has 3 saturated heterocycles. The zero-order valence-electron chi connectivity index (χ0n) is 22.3. The summed E-state index contributed by atoms with van der Waals surface area (Å²) in [6.45, 7) is 1.32. The first kappa shape index (κ1) is 27.0. The SMILES string of the molecule is O=C(NS(=O)(=O)N1CCC1)c1cc(C2CC2)c(OCC2CC3CCC(C2)N3C(=O)OCc2ccccc2)cc1F. The lowest BCUT2D eigenvalue weighted by Gasteiger charge is -2.38. The Labute approximate surface area is 233 Å². The van der Waals surface area contributed by atoms with Gasteiger partial charge in [-0.1, -0.05) is 30.3 Å². The van der Waals surface area contributed by atoms with Gasteiger partial charge in [0.15, 0.2) is 0 Å². The number of carbonyl (C=O) groups excluding carboxylic acids is 2. The third-order valence-electron chi connectivity index (χ3n) is 8.46. The van der Waals surface area contributed by atoms with Crippen LogP contribution in [0.1, 0.15) is 72.3 Å². The van der Waals surface area contributed by atoms with Gasteiger partial charge in [-0.05, 0) is 74.0 Å². The van der Waals surface area contributed by atoms with E-state index in [-0.39, 0.29) is 42.2 Å². The normalized spacial score (nSPS) is 24.3. The molecule has 0 radical (unpaired) electrons. The zero-order chi connectivity index (χ0) is 27.9. The van der Waals surface area contributed by atoms with Crippen LogP contribution in [-0.4, -0.2) is 61.4 Å². The van der Waals surface area contributed by atoms with Crippen LogP contribution in [0.15, 0.2) is 42.5 Å². The number of amides is 2. The molecule has 2 bridgehead atoms. The topological polar surface area (TPSA) is 105 Å². The Morgan fingerprint density at radius 3 is 2.33 bits per heavy atom. The van der Waals surface area contributed by atoms with E-state index < -0.39 is 21.9 Å². The molecule has 1 N–H and O–H groups in total. The molecule has 3 aliphatic heterocycles. The molecule has 2 amide bonds. The molecule has 2 atom stereocenters. The van der Waals surface area contributed by atoms with E-state index >= 15 is 4.39 Å². The van der Waals surface area contributed by atoms with Crippen LogP contribution < -0.4 is 9.46 Å². The molecule has 3 heterocycles. The number of rotatable bonds is 9. The fraction of sp³-hybridized carbons (Fsp3) is 0.517. The summed E-state index contributed by atoms with van der Waals surface area (Å²) in [5.74, 6) is -1.02. The summed E-state index contributed by atoms with van der Waals surface area (Å²) in [7, 11) is -3.97. The number of fused-ring (bicyclic) bond motifs is 2. The van der Waals surface area contributed by atoms with Crippen molar-refractivity contribution >= 4 is 22.2 Å². The van der Waals surface area contributed by atoms with E-state index in [2.05, 4.69) is 0 Å². The first-order chi connectivity index (χ1) is 19.3. The van der Waals surface area contributed by atoms with Crippen LogP contribution in [0.5, 0.6) is 5.75 Å². The van der Waals surface area contributed by atoms with Gasteiger partial charge in [0.05, 0.1) is 12.2 Å². The smallest absolute Gasteiger partial charge is 0.410 e. The number of nitrogens with one attached hydrogen (secondary N) is 1. The van der Waals surface area contributed by atoms with E-state index in [0.29, 0.717) is 25.4 Å². The minimum atomic E-state index is -3.97. The van der Waals surface area contributed by atoms with E-state index in [4.69, 9.17) is 9.47 Å². The number of nitrogens with zero attached hydrogens (tertiary/aromatic N) is 2. The molecule has 1 aliphatic carbocycles. The number of halogens is 1. The number of hydrogen-bond acceptors (Lipinski definition) is 6. The molecule has 40 heavy (non-hydrogen) atoms. The summed E-state index contributed by atoms with van der Waals surface area (Å²) in [5, 5.41) is 0. The lowest BCUT2D eigenvalue weighted by molar-refractivity contribution is 0.0449. The predicted molar refractivity (Wildman–Crippen MR) is 144 cm³/mol. The maximum atomic E-state index is 15.1. The second-order valence-electron chi connectivity index (χ2n) is 11.3. The molecule has 9 nitrogen and oxygen atoms in total. The van der Waals surface area contributed by atoms with Crippen LogP contribution in [0.3, 0.4) is 0 Å². The number of carbonyl (C=O) groups is 2. The summed E-state index contributed by atoms with van der Waals surface area (Å²) in [6.07, 6.45) is 5.69. The van der Waals surface area contributed by atoms with Crippen molar-refractivity contribution in [3.63, 3.8) is 0 Å². The fourth-order valence-corrected chi connectivity index (χ4v) is 7.29. The van der Waals surface area contributed by atoms with Crippen molar-refractivity contribution in [2.75, 3.05) is 19.7 Å². The second-order valence-corrected chi connectivity index (χ2v) is 13.0. The molecule has 2 aromatic rings. The van der Waals surface area contributed by atoms with E-state index in [9.17, 15) is 18.0 Å². The summed E-state index contributed by atoms with van der Waals surface area (Å²) < 4.78 is 54.6. The highest BCUT2D eigenvalue weighted by Crippen LogP contribution is 2.46. The van der Waals surface area contributed by atoms with Gasteiger partial charge in [0, 0.05) is 31.2 Å². The average molecular weight is 572 g/mol. The molecular weight excluding hydrogens is 537 g/mol. The monoisotopic (exact) mass is 571 g/mol. The Morgan fingerprint density at radius 2 is 1.70 bits per heavy atom. The van der Waals surface area contributed by atoms with Crippen molar-refractivity contribution in [3.05, 3.63) is 65.0 Å². The van der Waals surface area contributed by atoms with Gasteiger partial charge in [-0.25, -0.2) is 13.9 Å². The van der Waals surface area contributed by atoms with Gasteiger partial charge in [0.2, 0.25) is 0 Å². The highest BCUT2D eigenvalue weighted by atomic mass is 32.2. The molecule has 0 spiro atoms. The molecule has 11 heteroatoms. The van der Waals surface area contributed by atoms with Crippen LogP contribution in [0.2, 0.25) is 0 Å². The molecule has 2 aromatic carbocycles. The Kier molecular flexibility index (Phi) is 7.43. The maximum Gasteiger partial charge on any atom is 0.410 e. The maximum absolute atomic E-state index is 15.1. The lowest BCUT2D eigenvalue weighted by atomic mass is 9.91. The van der Waals surface area contributed by atoms with Crippen molar-refractivity contribution < 1.29 is 31.9 Å². The predicted octanol–water partition coefficient (Wildman–Crippen LogP) is 4.34. The third-order valence-corrected chi connectivity index (χ3v) is 9.95. The Morgan fingerprint density at radius 1 is 1.00 bits per heavy atom. The number of piperidine rings is 1. The number of hydrogen-bond donors (Lipinski definition) is 1. The van der Waals surface area contributed by atoms with Gasteiger partial charge in [-0.15, -0.1) is 0 Å². The van der Waals surface area contributed by atoms with Crippen LogP contribution in [0.25, 0.3) is 0 Å². The lowest BCUT2D eigenvalue weighted by Crippen LogP contribution is -2.49. The molecule has 4 aliphatic rings. The minimum absolute atomic E-state index is 0.0923. The van der Waals surface area contributed by atoms with E-state index in [1.165, 1.54) is 12.1 Å². The fourth-order valence-electron chi connectivity index (χ4n) is 6.07. The molecule has 214 valence electrons. The largest absolute Gasteiger partial charge is 0.493 e. The molecule has 1 saturated carbocycles. The van der Waals surface area contributed by atoms with Crippen LogP contribution >= 0.6 is 0 Å². The summed E-state index contributed by atoms with van der Waals surface area (Å²) in [5.41, 5.74) is 1.39. The quantitative estimate of drug-likeness (QED) is 0.480. The van der Waals surface area contributed by atoms with Gasteiger partial charge in [-0.3, -0.25) is 4.79 Å².